The molecule has 17 heavy (non-hydrogen) atoms. The molecule has 0 bridgehead atoms. The quantitative estimate of drug-likeness (QED) is 0.775. The van der Waals surface area contributed by atoms with E-state index in [2.05, 4.69) is 0 Å². The molecule has 1 amide bonds. The van der Waals surface area contributed by atoms with E-state index in [1.165, 1.54) is 4.90 Å². The molecule has 0 aromatic carbocycles. The highest BCUT2D eigenvalue weighted by atomic mass is 19.4. The van der Waals surface area contributed by atoms with Gasteiger partial charge in [0.25, 0.3) is 0 Å². The summed E-state index contributed by atoms with van der Waals surface area (Å²) in [5.41, 5.74) is 4.86. The second-order valence-corrected chi connectivity index (χ2v) is 4.36. The highest BCUT2D eigenvalue weighted by molar-refractivity contribution is 5.76. The molecule has 0 aromatic heterocycles. The Kier molecular flexibility index (Phi) is 4.56. The molecule has 6 heteroatoms. The fourth-order valence-corrected chi connectivity index (χ4v) is 1.66. The van der Waals surface area contributed by atoms with E-state index in [9.17, 15) is 18.0 Å². The Morgan fingerprint density at radius 3 is 2.65 bits per heavy atom. The minimum Gasteiger partial charge on any atom is -0.339 e. The number of rotatable bonds is 3. The second kappa shape index (κ2) is 5.53. The monoisotopic (exact) mass is 250 g/mol. The molecule has 0 aromatic rings. The summed E-state index contributed by atoms with van der Waals surface area (Å²) in [6.07, 6.45) is -2.99. The lowest BCUT2D eigenvalue weighted by Gasteiger charge is -2.28. The smallest absolute Gasteiger partial charge is 0.339 e. The van der Waals surface area contributed by atoms with Crippen molar-refractivity contribution < 1.29 is 18.0 Å². The molecule has 0 saturated heterocycles. The van der Waals surface area contributed by atoms with Gasteiger partial charge in [-0.05, 0) is 18.9 Å². The fraction of sp³-hybridized carbons (Fsp3) is 0.727. The van der Waals surface area contributed by atoms with Crippen LogP contribution in [0.25, 0.3) is 0 Å². The minimum atomic E-state index is -4.26. The zero-order valence-electron chi connectivity index (χ0n) is 9.76. The Morgan fingerprint density at radius 1 is 1.59 bits per heavy atom. The molecule has 0 fully saturated rings. The average Bonchev–Trinajstić information content (AvgIpc) is 2.27. The standard InChI is InChI=1S/C11H17F3N2O/c1-8(7-15)6-10(17)16-4-2-9(3-5-16)11(12,13)14/h2,8H,3-7,15H2,1H3. The molecule has 1 unspecified atom stereocenters. The number of nitrogens with two attached hydrogens (primary N) is 1. The average molecular weight is 250 g/mol. The molecule has 1 heterocycles. The van der Waals surface area contributed by atoms with Gasteiger partial charge in [0.1, 0.15) is 0 Å². The number of alkyl halides is 3. The van der Waals surface area contributed by atoms with Gasteiger partial charge in [0.15, 0.2) is 0 Å². The van der Waals surface area contributed by atoms with Crippen LogP contribution in [-0.2, 0) is 4.79 Å². The van der Waals surface area contributed by atoms with Gasteiger partial charge in [-0.2, -0.15) is 13.2 Å². The Balaban J connectivity index is 2.52. The van der Waals surface area contributed by atoms with Gasteiger partial charge in [-0.3, -0.25) is 4.79 Å². The maximum atomic E-state index is 12.3. The van der Waals surface area contributed by atoms with Crippen molar-refractivity contribution in [3.05, 3.63) is 11.6 Å². The molecule has 0 aliphatic carbocycles. The van der Waals surface area contributed by atoms with Gasteiger partial charge in [0.2, 0.25) is 5.91 Å². The van der Waals surface area contributed by atoms with Crippen molar-refractivity contribution in [2.24, 2.45) is 11.7 Å². The lowest BCUT2D eigenvalue weighted by atomic mass is 10.0. The number of carbonyl (C=O) groups is 1. The van der Waals surface area contributed by atoms with Crippen molar-refractivity contribution in [3.63, 3.8) is 0 Å². The normalized spacial score (nSPS) is 18.9. The first-order valence-electron chi connectivity index (χ1n) is 5.58. The molecular formula is C11H17F3N2O. The van der Waals surface area contributed by atoms with Crippen LogP contribution in [0.4, 0.5) is 13.2 Å². The number of amides is 1. The number of halogens is 3. The van der Waals surface area contributed by atoms with Crippen LogP contribution >= 0.6 is 0 Å². The summed E-state index contributed by atoms with van der Waals surface area (Å²) in [5.74, 6) is -0.0593. The van der Waals surface area contributed by atoms with Gasteiger partial charge in [-0.1, -0.05) is 13.0 Å². The van der Waals surface area contributed by atoms with Crippen LogP contribution in [-0.4, -0.2) is 36.6 Å². The Labute approximate surface area is 98.5 Å². The number of hydrogen-bond donors (Lipinski definition) is 1. The van der Waals surface area contributed by atoms with Crippen LogP contribution < -0.4 is 5.73 Å². The molecule has 1 aliphatic heterocycles. The molecule has 1 atom stereocenters. The van der Waals surface area contributed by atoms with Crippen LogP contribution in [0, 0.1) is 5.92 Å². The van der Waals surface area contributed by atoms with Gasteiger partial charge in [0.05, 0.1) is 0 Å². The van der Waals surface area contributed by atoms with Crippen molar-refractivity contribution in [2.45, 2.75) is 25.9 Å². The fourth-order valence-electron chi connectivity index (χ4n) is 1.66. The van der Waals surface area contributed by atoms with Gasteiger partial charge < -0.3 is 10.6 Å². The van der Waals surface area contributed by atoms with E-state index in [0.29, 0.717) is 13.0 Å². The SMILES string of the molecule is CC(CN)CC(=O)N1CC=C(C(F)(F)F)CC1. The first kappa shape index (κ1) is 14.0. The van der Waals surface area contributed by atoms with Gasteiger partial charge in [-0.25, -0.2) is 0 Å². The van der Waals surface area contributed by atoms with E-state index in [-0.39, 0.29) is 31.3 Å². The maximum absolute atomic E-state index is 12.3. The van der Waals surface area contributed by atoms with Crippen molar-refractivity contribution in [3.8, 4) is 0 Å². The minimum absolute atomic E-state index is 0.0466. The number of nitrogens with zero attached hydrogens (tertiary/aromatic N) is 1. The van der Waals surface area contributed by atoms with E-state index in [1.807, 2.05) is 6.92 Å². The molecule has 2 N–H and O–H groups in total. The van der Waals surface area contributed by atoms with Crippen LogP contribution in [0.5, 0.6) is 0 Å². The van der Waals surface area contributed by atoms with Crippen LogP contribution in [0.1, 0.15) is 19.8 Å². The lowest BCUT2D eigenvalue weighted by Crippen LogP contribution is -2.37. The van der Waals surface area contributed by atoms with Crippen LogP contribution in [0.15, 0.2) is 11.6 Å². The highest BCUT2D eigenvalue weighted by Crippen LogP contribution is 2.30. The predicted octanol–water partition coefficient (Wildman–Crippen LogP) is 1.69. The molecular weight excluding hydrogens is 233 g/mol. The van der Waals surface area contributed by atoms with Gasteiger partial charge in [0, 0.05) is 25.1 Å². The van der Waals surface area contributed by atoms with Crippen molar-refractivity contribution in [1.82, 2.24) is 4.90 Å². The van der Waals surface area contributed by atoms with Crippen LogP contribution in [0.3, 0.4) is 0 Å². The van der Waals surface area contributed by atoms with Gasteiger partial charge in [-0.15, -0.1) is 0 Å². The topological polar surface area (TPSA) is 46.3 Å². The molecule has 3 nitrogen and oxygen atoms in total. The summed E-state index contributed by atoms with van der Waals surface area (Å²) in [7, 11) is 0. The third kappa shape index (κ3) is 4.03. The number of carbonyl (C=O) groups excluding carboxylic acids is 1. The first-order valence-corrected chi connectivity index (χ1v) is 5.58. The third-order valence-electron chi connectivity index (χ3n) is 2.85. The van der Waals surface area contributed by atoms with Crippen molar-refractivity contribution in [2.75, 3.05) is 19.6 Å². The second-order valence-electron chi connectivity index (χ2n) is 4.36. The van der Waals surface area contributed by atoms with Gasteiger partial charge >= 0.3 is 6.18 Å². The summed E-state index contributed by atoms with van der Waals surface area (Å²) in [4.78, 5) is 13.1. The maximum Gasteiger partial charge on any atom is 0.412 e. The highest BCUT2D eigenvalue weighted by Gasteiger charge is 2.35. The third-order valence-corrected chi connectivity index (χ3v) is 2.85. The van der Waals surface area contributed by atoms with Crippen LogP contribution in [0.2, 0.25) is 0 Å². The summed E-state index contributed by atoms with van der Waals surface area (Å²) in [5, 5.41) is 0. The van der Waals surface area contributed by atoms with E-state index in [4.69, 9.17) is 5.73 Å². The Bertz CT molecular complexity index is 312. The predicted molar refractivity (Wildman–Crippen MR) is 58.2 cm³/mol. The van der Waals surface area contributed by atoms with E-state index in [0.717, 1.165) is 6.08 Å². The van der Waals surface area contributed by atoms with Crippen molar-refractivity contribution in [1.29, 1.82) is 0 Å². The molecule has 0 radical (unpaired) electrons. The first-order chi connectivity index (χ1) is 7.84. The molecule has 1 aliphatic rings. The van der Waals surface area contributed by atoms with E-state index < -0.39 is 11.7 Å². The summed E-state index contributed by atoms with van der Waals surface area (Å²) >= 11 is 0. The zero-order valence-corrected chi connectivity index (χ0v) is 9.76. The largest absolute Gasteiger partial charge is 0.412 e. The zero-order chi connectivity index (χ0) is 13.1. The molecule has 0 saturated carbocycles. The van der Waals surface area contributed by atoms with E-state index in [1.54, 1.807) is 0 Å². The molecule has 0 spiro atoms. The number of hydrogen-bond acceptors (Lipinski definition) is 2. The van der Waals surface area contributed by atoms with E-state index >= 15 is 0 Å². The molecule has 98 valence electrons. The summed E-state index contributed by atoms with van der Waals surface area (Å²) < 4.78 is 37.0. The summed E-state index contributed by atoms with van der Waals surface area (Å²) in [6.45, 7) is 2.44. The summed E-state index contributed by atoms with van der Waals surface area (Å²) in [6, 6.07) is 0. The molecule has 1 rings (SSSR count). The Morgan fingerprint density at radius 2 is 2.24 bits per heavy atom. The Hall–Kier alpha value is -1.04. The lowest BCUT2D eigenvalue weighted by molar-refractivity contribution is -0.133. The van der Waals surface area contributed by atoms with Crippen molar-refractivity contribution >= 4 is 5.91 Å².